The van der Waals surface area contributed by atoms with Gasteiger partial charge in [-0.3, -0.25) is 0 Å². The Balaban J connectivity index is 1.97. The highest BCUT2D eigenvalue weighted by Gasteiger charge is 2.20. The van der Waals surface area contributed by atoms with E-state index in [1.807, 2.05) is 12.1 Å². The Morgan fingerprint density at radius 1 is 1.09 bits per heavy atom. The highest BCUT2D eigenvalue weighted by molar-refractivity contribution is 7.12. The predicted molar refractivity (Wildman–Crippen MR) is 85.6 cm³/mol. The maximum atomic E-state index is 12.2. The van der Waals surface area contributed by atoms with Gasteiger partial charge in [0, 0.05) is 28.2 Å². The van der Waals surface area contributed by atoms with Crippen LogP contribution in [0.5, 0.6) is 5.75 Å². The average molecular weight is 320 g/mol. The fourth-order valence-corrected chi connectivity index (χ4v) is 3.87. The highest BCUT2D eigenvalue weighted by Crippen LogP contribution is 2.31. The van der Waals surface area contributed by atoms with Crippen LogP contribution in [0.3, 0.4) is 0 Å². The van der Waals surface area contributed by atoms with Crippen molar-refractivity contribution in [3.05, 3.63) is 49.2 Å². The number of fused-ring (bicyclic) bond motifs is 1. The Kier molecular flexibility index (Phi) is 4.64. The molecule has 22 heavy (non-hydrogen) atoms. The molecule has 0 unspecified atom stereocenters. The summed E-state index contributed by atoms with van der Waals surface area (Å²) in [5, 5.41) is 19.7. The zero-order valence-corrected chi connectivity index (χ0v) is 13.2. The standard InChI is InChI=1S/C17H20O4S/c18-10-12-8-7-11(22-12)9-14-16(19)13-5-3-1-2-4-6-15(13)21-17(14)20/h7-8,18-19H,1-6,9-10H2. The summed E-state index contributed by atoms with van der Waals surface area (Å²) >= 11 is 1.45. The van der Waals surface area contributed by atoms with E-state index in [1.165, 1.54) is 11.3 Å². The molecule has 0 saturated heterocycles. The van der Waals surface area contributed by atoms with Crippen LogP contribution < -0.4 is 5.63 Å². The molecule has 0 amide bonds. The monoisotopic (exact) mass is 320 g/mol. The molecule has 4 nitrogen and oxygen atoms in total. The molecule has 5 heteroatoms. The van der Waals surface area contributed by atoms with E-state index >= 15 is 0 Å². The van der Waals surface area contributed by atoms with E-state index in [0.29, 0.717) is 17.7 Å². The van der Waals surface area contributed by atoms with Gasteiger partial charge in [-0.1, -0.05) is 12.8 Å². The van der Waals surface area contributed by atoms with Gasteiger partial charge in [0.15, 0.2) is 0 Å². The number of aromatic hydroxyl groups is 1. The largest absolute Gasteiger partial charge is 0.507 e. The lowest BCUT2D eigenvalue weighted by Crippen LogP contribution is -2.13. The van der Waals surface area contributed by atoms with E-state index in [2.05, 4.69) is 0 Å². The minimum Gasteiger partial charge on any atom is -0.507 e. The van der Waals surface area contributed by atoms with E-state index in [4.69, 9.17) is 9.52 Å². The van der Waals surface area contributed by atoms with Crippen molar-refractivity contribution in [3.63, 3.8) is 0 Å². The quantitative estimate of drug-likeness (QED) is 0.911. The lowest BCUT2D eigenvalue weighted by molar-refractivity contribution is 0.285. The molecule has 0 radical (unpaired) electrons. The molecule has 0 atom stereocenters. The van der Waals surface area contributed by atoms with Crippen LogP contribution in [0.1, 0.15) is 52.3 Å². The zero-order valence-electron chi connectivity index (χ0n) is 12.4. The van der Waals surface area contributed by atoms with Crippen molar-refractivity contribution in [2.45, 2.75) is 51.6 Å². The number of aliphatic hydroxyl groups is 1. The third-order valence-corrected chi connectivity index (χ3v) is 5.25. The molecule has 0 aromatic carbocycles. The molecular weight excluding hydrogens is 300 g/mol. The predicted octanol–water partition coefficient (Wildman–Crippen LogP) is 3.15. The van der Waals surface area contributed by atoms with Gasteiger partial charge in [-0.05, 0) is 31.4 Å². The van der Waals surface area contributed by atoms with Crippen LogP contribution in [-0.4, -0.2) is 10.2 Å². The Bertz CT molecular complexity index is 714. The van der Waals surface area contributed by atoms with Gasteiger partial charge in [0.2, 0.25) is 0 Å². The van der Waals surface area contributed by atoms with Crippen LogP contribution in [0.25, 0.3) is 0 Å². The van der Waals surface area contributed by atoms with Crippen molar-refractivity contribution in [2.24, 2.45) is 0 Å². The van der Waals surface area contributed by atoms with Crippen molar-refractivity contribution in [1.82, 2.24) is 0 Å². The van der Waals surface area contributed by atoms with Crippen molar-refractivity contribution < 1.29 is 14.6 Å². The van der Waals surface area contributed by atoms with Crippen LogP contribution in [0, 0.1) is 0 Å². The number of aliphatic hydroxyl groups excluding tert-OH is 1. The van der Waals surface area contributed by atoms with E-state index in [0.717, 1.165) is 53.8 Å². The number of aryl methyl sites for hydroxylation is 1. The summed E-state index contributed by atoms with van der Waals surface area (Å²) in [6.07, 6.45) is 6.16. The molecular formula is C17H20O4S. The lowest BCUT2D eigenvalue weighted by atomic mass is 9.95. The third-order valence-electron chi connectivity index (χ3n) is 4.18. The van der Waals surface area contributed by atoms with Crippen LogP contribution in [0.15, 0.2) is 21.3 Å². The van der Waals surface area contributed by atoms with Gasteiger partial charge in [0.25, 0.3) is 0 Å². The van der Waals surface area contributed by atoms with Gasteiger partial charge >= 0.3 is 5.63 Å². The summed E-state index contributed by atoms with van der Waals surface area (Å²) < 4.78 is 5.49. The molecule has 0 fully saturated rings. The summed E-state index contributed by atoms with van der Waals surface area (Å²) in [5.74, 6) is 0.778. The van der Waals surface area contributed by atoms with E-state index in [-0.39, 0.29) is 12.4 Å². The van der Waals surface area contributed by atoms with Gasteiger partial charge in [-0.15, -0.1) is 11.3 Å². The second kappa shape index (κ2) is 6.67. The van der Waals surface area contributed by atoms with Gasteiger partial charge in [0.05, 0.1) is 12.2 Å². The topological polar surface area (TPSA) is 70.7 Å². The molecule has 2 N–H and O–H groups in total. The second-order valence-corrected chi connectivity index (χ2v) is 6.99. The van der Waals surface area contributed by atoms with Crippen LogP contribution in [0.4, 0.5) is 0 Å². The van der Waals surface area contributed by atoms with Crippen molar-refractivity contribution in [1.29, 1.82) is 0 Å². The first-order valence-electron chi connectivity index (χ1n) is 7.74. The first kappa shape index (κ1) is 15.3. The molecule has 0 spiro atoms. The SMILES string of the molecule is O=c1oc2c(c(O)c1Cc1ccc(CO)s1)CCCCCC2. The van der Waals surface area contributed by atoms with Crippen molar-refractivity contribution in [3.8, 4) is 5.75 Å². The molecule has 0 aliphatic heterocycles. The average Bonchev–Trinajstić information content (AvgIpc) is 2.93. The fourth-order valence-electron chi connectivity index (χ4n) is 2.98. The first-order valence-corrected chi connectivity index (χ1v) is 8.56. The minimum absolute atomic E-state index is 0.00452. The smallest absolute Gasteiger partial charge is 0.343 e. The van der Waals surface area contributed by atoms with E-state index in [1.54, 1.807) is 0 Å². The molecule has 1 aliphatic rings. The Morgan fingerprint density at radius 2 is 1.82 bits per heavy atom. The minimum atomic E-state index is -0.434. The number of hydrogen-bond donors (Lipinski definition) is 2. The van der Waals surface area contributed by atoms with Crippen LogP contribution in [-0.2, 0) is 25.9 Å². The van der Waals surface area contributed by atoms with Gasteiger partial charge < -0.3 is 14.6 Å². The Labute approximate surface area is 133 Å². The fraction of sp³-hybridized carbons (Fsp3) is 0.471. The second-order valence-electron chi connectivity index (χ2n) is 5.74. The normalized spacial score (nSPS) is 15.1. The van der Waals surface area contributed by atoms with Crippen LogP contribution >= 0.6 is 11.3 Å². The summed E-state index contributed by atoms with van der Waals surface area (Å²) in [6.45, 7) is -0.00452. The Hall–Kier alpha value is -1.59. The molecule has 0 bridgehead atoms. The molecule has 2 aromatic heterocycles. The summed E-state index contributed by atoms with van der Waals surface area (Å²) in [6, 6.07) is 3.72. The van der Waals surface area contributed by atoms with Crippen LogP contribution in [0.2, 0.25) is 0 Å². The zero-order chi connectivity index (χ0) is 15.5. The molecule has 2 heterocycles. The van der Waals surface area contributed by atoms with Gasteiger partial charge in [-0.25, -0.2) is 4.79 Å². The summed E-state index contributed by atoms with van der Waals surface area (Å²) in [4.78, 5) is 14.0. The lowest BCUT2D eigenvalue weighted by Gasteiger charge is -2.15. The highest BCUT2D eigenvalue weighted by atomic mass is 32.1. The van der Waals surface area contributed by atoms with Crippen molar-refractivity contribution >= 4 is 11.3 Å². The molecule has 2 aromatic rings. The summed E-state index contributed by atoms with van der Waals surface area (Å²) in [7, 11) is 0. The van der Waals surface area contributed by atoms with Gasteiger partial charge in [0.1, 0.15) is 11.5 Å². The van der Waals surface area contributed by atoms with E-state index < -0.39 is 5.63 Å². The van der Waals surface area contributed by atoms with Crippen molar-refractivity contribution in [2.75, 3.05) is 0 Å². The number of hydrogen-bond acceptors (Lipinski definition) is 5. The molecule has 0 saturated carbocycles. The molecule has 118 valence electrons. The number of rotatable bonds is 3. The third kappa shape index (κ3) is 3.10. The first-order chi connectivity index (χ1) is 10.7. The maximum Gasteiger partial charge on any atom is 0.343 e. The van der Waals surface area contributed by atoms with Gasteiger partial charge in [-0.2, -0.15) is 0 Å². The number of thiophene rings is 1. The van der Waals surface area contributed by atoms with E-state index in [9.17, 15) is 9.90 Å². The maximum absolute atomic E-state index is 12.2. The summed E-state index contributed by atoms with van der Waals surface area (Å²) in [5.41, 5.74) is 0.717. The molecule has 3 rings (SSSR count). The molecule has 1 aliphatic carbocycles. The Morgan fingerprint density at radius 3 is 2.55 bits per heavy atom.